The van der Waals surface area contributed by atoms with Gasteiger partial charge >= 0.3 is 5.97 Å². The molecular weight excluding hydrogens is 226 g/mol. The van der Waals surface area contributed by atoms with Crippen LogP contribution in [0.15, 0.2) is 24.3 Å². The number of rotatable bonds is 9. The van der Waals surface area contributed by atoms with Crippen LogP contribution in [0.5, 0.6) is 0 Å². The second-order valence-electron chi connectivity index (χ2n) is 4.58. The summed E-state index contributed by atoms with van der Waals surface area (Å²) < 4.78 is 0. The van der Waals surface area contributed by atoms with Crippen LogP contribution in [0.1, 0.15) is 44.6 Å². The number of carbonyl (C=O) groups is 1. The molecule has 0 bridgehead atoms. The molecule has 0 unspecified atom stereocenters. The van der Waals surface area contributed by atoms with E-state index in [2.05, 4.69) is 36.5 Å². The Balaban J connectivity index is 2.20. The van der Waals surface area contributed by atoms with Crippen molar-refractivity contribution in [3.8, 4) is 0 Å². The number of aryl methyl sites for hydroxylation is 1. The van der Waals surface area contributed by atoms with Gasteiger partial charge < -0.3 is 10.4 Å². The van der Waals surface area contributed by atoms with Crippen molar-refractivity contribution in [1.82, 2.24) is 0 Å². The molecule has 0 saturated carbocycles. The van der Waals surface area contributed by atoms with E-state index in [0.29, 0.717) is 0 Å². The van der Waals surface area contributed by atoms with Crippen molar-refractivity contribution >= 4 is 11.7 Å². The third kappa shape index (κ3) is 6.28. The van der Waals surface area contributed by atoms with Crippen molar-refractivity contribution in [1.29, 1.82) is 0 Å². The predicted octanol–water partition coefficient (Wildman–Crippen LogP) is 3.70. The van der Waals surface area contributed by atoms with Crippen LogP contribution in [0.2, 0.25) is 0 Å². The first kappa shape index (κ1) is 14.6. The van der Waals surface area contributed by atoms with Crippen molar-refractivity contribution in [2.75, 3.05) is 11.9 Å². The van der Waals surface area contributed by atoms with Crippen LogP contribution in [0, 0.1) is 0 Å². The molecule has 2 N–H and O–H groups in total. The largest absolute Gasteiger partial charge is 0.481 e. The molecule has 0 spiro atoms. The summed E-state index contributed by atoms with van der Waals surface area (Å²) in [5.74, 6) is -0.713. The molecule has 1 aromatic carbocycles. The van der Waals surface area contributed by atoms with Crippen LogP contribution in [0.25, 0.3) is 0 Å². The average molecular weight is 249 g/mol. The summed E-state index contributed by atoms with van der Waals surface area (Å²) in [6.07, 6.45) is 5.50. The lowest BCUT2D eigenvalue weighted by Gasteiger charge is -2.07. The molecule has 3 nitrogen and oxygen atoms in total. The van der Waals surface area contributed by atoms with Gasteiger partial charge in [0.05, 0.1) is 0 Å². The predicted molar refractivity (Wildman–Crippen MR) is 75.0 cm³/mol. The molecule has 100 valence electrons. The number of benzene rings is 1. The summed E-state index contributed by atoms with van der Waals surface area (Å²) in [4.78, 5) is 10.3. The minimum Gasteiger partial charge on any atom is -0.481 e. The van der Waals surface area contributed by atoms with E-state index in [0.717, 1.165) is 31.5 Å². The van der Waals surface area contributed by atoms with Gasteiger partial charge in [0.1, 0.15) is 0 Å². The number of unbranched alkanes of at least 4 members (excludes halogenated alkanes) is 2. The Morgan fingerprint density at radius 1 is 1.17 bits per heavy atom. The van der Waals surface area contributed by atoms with E-state index in [9.17, 15) is 4.79 Å². The standard InChI is InChI=1S/C15H23NO2/c1-2-3-6-13-8-10-14(11-9-13)16-12-5-4-7-15(17)18/h8-11,16H,2-7,12H2,1H3,(H,17,18). The normalized spacial score (nSPS) is 10.3. The zero-order valence-corrected chi connectivity index (χ0v) is 11.1. The fourth-order valence-corrected chi connectivity index (χ4v) is 1.80. The van der Waals surface area contributed by atoms with Crippen molar-refractivity contribution in [3.63, 3.8) is 0 Å². The van der Waals surface area contributed by atoms with Gasteiger partial charge in [-0.05, 0) is 43.4 Å². The Morgan fingerprint density at radius 2 is 1.89 bits per heavy atom. The molecule has 0 aromatic heterocycles. The summed E-state index contributed by atoms with van der Waals surface area (Å²) in [6, 6.07) is 8.52. The molecule has 1 aromatic rings. The number of carboxylic acids is 1. The number of carboxylic acid groups (broad SMARTS) is 1. The highest BCUT2D eigenvalue weighted by Crippen LogP contribution is 2.12. The highest BCUT2D eigenvalue weighted by Gasteiger charge is 1.97. The topological polar surface area (TPSA) is 49.3 Å². The number of hydrogen-bond acceptors (Lipinski definition) is 2. The molecule has 0 aliphatic heterocycles. The molecule has 18 heavy (non-hydrogen) atoms. The maximum absolute atomic E-state index is 10.3. The van der Waals surface area contributed by atoms with Crippen molar-refractivity contribution in [3.05, 3.63) is 29.8 Å². The first-order valence-electron chi connectivity index (χ1n) is 6.77. The SMILES string of the molecule is CCCCc1ccc(NCCCCC(=O)O)cc1. The zero-order chi connectivity index (χ0) is 13.2. The van der Waals surface area contributed by atoms with E-state index in [-0.39, 0.29) is 6.42 Å². The van der Waals surface area contributed by atoms with Crippen molar-refractivity contribution in [2.24, 2.45) is 0 Å². The van der Waals surface area contributed by atoms with E-state index >= 15 is 0 Å². The molecule has 0 fully saturated rings. The first-order chi connectivity index (χ1) is 8.72. The van der Waals surface area contributed by atoms with Gasteiger partial charge in [-0.3, -0.25) is 4.79 Å². The van der Waals surface area contributed by atoms with Gasteiger partial charge in [0, 0.05) is 18.7 Å². The molecule has 0 radical (unpaired) electrons. The Kier molecular flexibility index (Phi) is 6.92. The van der Waals surface area contributed by atoms with Gasteiger partial charge in [0.15, 0.2) is 0 Å². The lowest BCUT2D eigenvalue weighted by atomic mass is 10.1. The molecule has 1 rings (SSSR count). The quantitative estimate of drug-likeness (QED) is 0.656. The third-order valence-corrected chi connectivity index (χ3v) is 2.92. The van der Waals surface area contributed by atoms with Gasteiger partial charge in [0.2, 0.25) is 0 Å². The minimum atomic E-state index is -0.713. The Morgan fingerprint density at radius 3 is 2.50 bits per heavy atom. The van der Waals surface area contributed by atoms with E-state index in [1.54, 1.807) is 0 Å². The van der Waals surface area contributed by atoms with Crippen LogP contribution >= 0.6 is 0 Å². The maximum atomic E-state index is 10.3. The lowest BCUT2D eigenvalue weighted by Crippen LogP contribution is -2.03. The van der Waals surface area contributed by atoms with E-state index in [1.807, 2.05) is 0 Å². The number of aliphatic carboxylic acids is 1. The van der Waals surface area contributed by atoms with Crippen molar-refractivity contribution < 1.29 is 9.90 Å². The second kappa shape index (κ2) is 8.56. The highest BCUT2D eigenvalue weighted by molar-refractivity contribution is 5.66. The fraction of sp³-hybridized carbons (Fsp3) is 0.533. The van der Waals surface area contributed by atoms with Crippen LogP contribution < -0.4 is 5.32 Å². The Bertz CT molecular complexity index is 346. The monoisotopic (exact) mass is 249 g/mol. The number of nitrogens with one attached hydrogen (secondary N) is 1. The molecule has 0 heterocycles. The first-order valence-corrected chi connectivity index (χ1v) is 6.77. The number of hydrogen-bond donors (Lipinski definition) is 2. The highest BCUT2D eigenvalue weighted by atomic mass is 16.4. The number of anilines is 1. The summed E-state index contributed by atoms with van der Waals surface area (Å²) in [5, 5.41) is 11.8. The average Bonchev–Trinajstić information content (AvgIpc) is 2.37. The van der Waals surface area contributed by atoms with Crippen LogP contribution in [0.3, 0.4) is 0 Å². The zero-order valence-electron chi connectivity index (χ0n) is 11.1. The molecule has 0 atom stereocenters. The summed E-state index contributed by atoms with van der Waals surface area (Å²) in [7, 11) is 0. The summed E-state index contributed by atoms with van der Waals surface area (Å²) in [5.41, 5.74) is 2.50. The molecule has 0 amide bonds. The molecule has 0 saturated heterocycles. The Labute approximate surface area is 109 Å². The lowest BCUT2D eigenvalue weighted by molar-refractivity contribution is -0.137. The van der Waals surface area contributed by atoms with Gasteiger partial charge in [-0.15, -0.1) is 0 Å². The smallest absolute Gasteiger partial charge is 0.303 e. The molecule has 0 aliphatic rings. The summed E-state index contributed by atoms with van der Waals surface area (Å²) in [6.45, 7) is 3.04. The van der Waals surface area contributed by atoms with E-state index in [4.69, 9.17) is 5.11 Å². The van der Waals surface area contributed by atoms with Crippen LogP contribution in [0.4, 0.5) is 5.69 Å². The third-order valence-electron chi connectivity index (χ3n) is 2.92. The molecule has 0 aliphatic carbocycles. The Hall–Kier alpha value is -1.51. The fourth-order valence-electron chi connectivity index (χ4n) is 1.80. The van der Waals surface area contributed by atoms with Gasteiger partial charge in [-0.2, -0.15) is 0 Å². The van der Waals surface area contributed by atoms with Gasteiger partial charge in [-0.1, -0.05) is 25.5 Å². The molecular formula is C15H23NO2. The van der Waals surface area contributed by atoms with Crippen molar-refractivity contribution in [2.45, 2.75) is 45.4 Å². The van der Waals surface area contributed by atoms with E-state index in [1.165, 1.54) is 18.4 Å². The van der Waals surface area contributed by atoms with Gasteiger partial charge in [-0.25, -0.2) is 0 Å². The van der Waals surface area contributed by atoms with Crippen LogP contribution in [-0.4, -0.2) is 17.6 Å². The molecule has 3 heteroatoms. The van der Waals surface area contributed by atoms with Gasteiger partial charge in [0.25, 0.3) is 0 Å². The maximum Gasteiger partial charge on any atom is 0.303 e. The second-order valence-corrected chi connectivity index (χ2v) is 4.58. The van der Waals surface area contributed by atoms with E-state index < -0.39 is 5.97 Å². The van der Waals surface area contributed by atoms with Crippen LogP contribution in [-0.2, 0) is 11.2 Å². The summed E-state index contributed by atoms with van der Waals surface area (Å²) >= 11 is 0. The minimum absolute atomic E-state index is 0.262.